The van der Waals surface area contributed by atoms with Crippen molar-refractivity contribution in [3.63, 3.8) is 0 Å². The van der Waals surface area contributed by atoms with E-state index in [1.807, 2.05) is 14.0 Å². The third-order valence-electron chi connectivity index (χ3n) is 3.78. The van der Waals surface area contributed by atoms with Crippen molar-refractivity contribution in [1.82, 2.24) is 15.5 Å². The SMILES string of the molecule is CNC(C)c1nnc(NCCCC2CCCC2)o1. The Kier molecular flexibility index (Phi) is 4.99. The number of rotatable bonds is 7. The van der Waals surface area contributed by atoms with Crippen molar-refractivity contribution >= 4 is 6.01 Å². The van der Waals surface area contributed by atoms with Crippen LogP contribution in [0.3, 0.4) is 0 Å². The van der Waals surface area contributed by atoms with E-state index in [2.05, 4.69) is 20.8 Å². The van der Waals surface area contributed by atoms with Crippen molar-refractivity contribution in [1.29, 1.82) is 0 Å². The first-order valence-electron chi connectivity index (χ1n) is 7.04. The molecule has 1 heterocycles. The van der Waals surface area contributed by atoms with E-state index in [9.17, 15) is 0 Å². The summed E-state index contributed by atoms with van der Waals surface area (Å²) in [7, 11) is 1.88. The molecule has 0 spiro atoms. The van der Waals surface area contributed by atoms with Gasteiger partial charge < -0.3 is 15.1 Å². The summed E-state index contributed by atoms with van der Waals surface area (Å²) in [5.74, 6) is 1.59. The van der Waals surface area contributed by atoms with Gasteiger partial charge in [-0.05, 0) is 32.7 Å². The van der Waals surface area contributed by atoms with E-state index in [1.165, 1.54) is 38.5 Å². The fourth-order valence-corrected chi connectivity index (χ4v) is 2.49. The highest BCUT2D eigenvalue weighted by Crippen LogP contribution is 2.28. The van der Waals surface area contributed by atoms with Crippen LogP contribution in [0.25, 0.3) is 0 Å². The van der Waals surface area contributed by atoms with Crippen molar-refractivity contribution in [2.45, 2.75) is 51.5 Å². The minimum absolute atomic E-state index is 0.103. The lowest BCUT2D eigenvalue weighted by atomic mass is 10.0. The van der Waals surface area contributed by atoms with Crippen LogP contribution in [0.2, 0.25) is 0 Å². The number of nitrogens with one attached hydrogen (secondary N) is 2. The Morgan fingerprint density at radius 1 is 1.33 bits per heavy atom. The maximum atomic E-state index is 5.51. The molecule has 0 bridgehead atoms. The van der Waals surface area contributed by atoms with Gasteiger partial charge >= 0.3 is 6.01 Å². The largest absolute Gasteiger partial charge is 0.406 e. The second-order valence-corrected chi connectivity index (χ2v) is 5.18. The normalized spacial score (nSPS) is 18.1. The summed E-state index contributed by atoms with van der Waals surface area (Å²) in [6.07, 6.45) is 8.19. The fourth-order valence-electron chi connectivity index (χ4n) is 2.49. The maximum Gasteiger partial charge on any atom is 0.315 e. The van der Waals surface area contributed by atoms with Gasteiger partial charge in [0.2, 0.25) is 5.89 Å². The van der Waals surface area contributed by atoms with Crippen LogP contribution < -0.4 is 10.6 Å². The van der Waals surface area contributed by atoms with Crippen LogP contribution >= 0.6 is 0 Å². The van der Waals surface area contributed by atoms with E-state index in [0.717, 1.165) is 12.5 Å². The summed E-state index contributed by atoms with van der Waals surface area (Å²) in [6, 6.07) is 0.644. The molecule has 5 heteroatoms. The smallest absolute Gasteiger partial charge is 0.315 e. The van der Waals surface area contributed by atoms with Gasteiger partial charge in [0.1, 0.15) is 0 Å². The van der Waals surface area contributed by atoms with Gasteiger partial charge in [0.05, 0.1) is 6.04 Å². The zero-order valence-electron chi connectivity index (χ0n) is 11.4. The zero-order chi connectivity index (χ0) is 12.8. The van der Waals surface area contributed by atoms with Crippen LogP contribution in [-0.4, -0.2) is 23.8 Å². The van der Waals surface area contributed by atoms with Crippen LogP contribution in [0.5, 0.6) is 0 Å². The highest BCUT2D eigenvalue weighted by molar-refractivity contribution is 5.16. The van der Waals surface area contributed by atoms with E-state index >= 15 is 0 Å². The lowest BCUT2D eigenvalue weighted by molar-refractivity contribution is 0.439. The average Bonchev–Trinajstić information content (AvgIpc) is 3.05. The van der Waals surface area contributed by atoms with Gasteiger partial charge in [0.15, 0.2) is 0 Å². The van der Waals surface area contributed by atoms with Crippen LogP contribution in [0.15, 0.2) is 4.42 Å². The summed E-state index contributed by atoms with van der Waals surface area (Å²) in [5, 5.41) is 14.3. The van der Waals surface area contributed by atoms with Gasteiger partial charge in [-0.1, -0.05) is 30.8 Å². The first kappa shape index (κ1) is 13.3. The minimum atomic E-state index is 0.103. The summed E-state index contributed by atoms with van der Waals surface area (Å²) in [4.78, 5) is 0. The van der Waals surface area contributed by atoms with Crippen molar-refractivity contribution in [2.75, 3.05) is 18.9 Å². The molecule has 1 aliphatic carbocycles. The van der Waals surface area contributed by atoms with E-state index in [4.69, 9.17) is 4.42 Å². The number of hydrogen-bond acceptors (Lipinski definition) is 5. The second kappa shape index (κ2) is 6.73. The van der Waals surface area contributed by atoms with Gasteiger partial charge in [-0.2, -0.15) is 0 Å². The number of aromatic nitrogens is 2. The summed E-state index contributed by atoms with van der Waals surface area (Å²) >= 11 is 0. The molecular formula is C13H24N4O. The first-order valence-corrected chi connectivity index (χ1v) is 7.04. The van der Waals surface area contributed by atoms with Gasteiger partial charge in [-0.25, -0.2) is 0 Å². The Hall–Kier alpha value is -1.10. The molecule has 0 aromatic carbocycles. The van der Waals surface area contributed by atoms with Crippen molar-refractivity contribution in [3.05, 3.63) is 5.89 Å². The Bertz CT molecular complexity index is 347. The molecule has 0 amide bonds. The third kappa shape index (κ3) is 3.70. The lowest BCUT2D eigenvalue weighted by Gasteiger charge is -2.08. The molecule has 1 fully saturated rings. The Morgan fingerprint density at radius 3 is 2.83 bits per heavy atom. The second-order valence-electron chi connectivity index (χ2n) is 5.18. The van der Waals surface area contributed by atoms with E-state index in [1.54, 1.807) is 0 Å². The predicted molar refractivity (Wildman–Crippen MR) is 71.5 cm³/mol. The topological polar surface area (TPSA) is 63.0 Å². The number of nitrogens with zero attached hydrogens (tertiary/aromatic N) is 2. The molecule has 1 aromatic rings. The zero-order valence-corrected chi connectivity index (χ0v) is 11.4. The average molecular weight is 252 g/mol. The summed E-state index contributed by atoms with van der Waals surface area (Å²) in [6.45, 7) is 2.92. The Labute approximate surface area is 109 Å². The molecule has 18 heavy (non-hydrogen) atoms. The third-order valence-corrected chi connectivity index (χ3v) is 3.78. The number of anilines is 1. The lowest BCUT2D eigenvalue weighted by Crippen LogP contribution is -2.12. The van der Waals surface area contributed by atoms with E-state index in [-0.39, 0.29) is 6.04 Å². The van der Waals surface area contributed by atoms with Crippen molar-refractivity contribution in [3.8, 4) is 0 Å². The maximum absolute atomic E-state index is 5.51. The molecule has 0 saturated heterocycles. The molecule has 2 N–H and O–H groups in total. The first-order chi connectivity index (χ1) is 8.79. The monoisotopic (exact) mass is 252 g/mol. The van der Waals surface area contributed by atoms with Gasteiger partial charge in [0.25, 0.3) is 0 Å². The highest BCUT2D eigenvalue weighted by Gasteiger charge is 2.14. The molecule has 1 saturated carbocycles. The van der Waals surface area contributed by atoms with Gasteiger partial charge in [0, 0.05) is 6.54 Å². The fraction of sp³-hybridized carbons (Fsp3) is 0.846. The Morgan fingerprint density at radius 2 is 2.11 bits per heavy atom. The van der Waals surface area contributed by atoms with Crippen LogP contribution in [-0.2, 0) is 0 Å². The molecule has 0 radical (unpaired) electrons. The molecule has 1 aliphatic rings. The van der Waals surface area contributed by atoms with Crippen LogP contribution in [0.1, 0.15) is 57.4 Å². The molecule has 2 rings (SSSR count). The van der Waals surface area contributed by atoms with Crippen LogP contribution in [0, 0.1) is 5.92 Å². The Balaban J connectivity index is 1.65. The van der Waals surface area contributed by atoms with E-state index in [0.29, 0.717) is 11.9 Å². The molecule has 1 aromatic heterocycles. The van der Waals surface area contributed by atoms with Crippen LogP contribution in [0.4, 0.5) is 6.01 Å². The highest BCUT2D eigenvalue weighted by atomic mass is 16.4. The predicted octanol–water partition coefficient (Wildman–Crippen LogP) is 2.73. The number of hydrogen-bond donors (Lipinski definition) is 2. The van der Waals surface area contributed by atoms with Gasteiger partial charge in [-0.15, -0.1) is 5.10 Å². The summed E-state index contributed by atoms with van der Waals surface area (Å²) in [5.41, 5.74) is 0. The van der Waals surface area contributed by atoms with E-state index < -0.39 is 0 Å². The molecule has 5 nitrogen and oxygen atoms in total. The minimum Gasteiger partial charge on any atom is -0.406 e. The van der Waals surface area contributed by atoms with Crippen molar-refractivity contribution < 1.29 is 4.42 Å². The molecule has 1 atom stereocenters. The van der Waals surface area contributed by atoms with Crippen molar-refractivity contribution in [2.24, 2.45) is 5.92 Å². The standard InChI is InChI=1S/C13H24N4O/c1-10(14-2)12-16-17-13(18-12)15-9-5-8-11-6-3-4-7-11/h10-11,14H,3-9H2,1-2H3,(H,15,17). The quantitative estimate of drug-likeness (QED) is 0.731. The molecule has 0 aliphatic heterocycles. The molecule has 102 valence electrons. The molecule has 1 unspecified atom stereocenters. The van der Waals surface area contributed by atoms with Gasteiger partial charge in [-0.3, -0.25) is 0 Å². The summed E-state index contributed by atoms with van der Waals surface area (Å²) < 4.78 is 5.51. The molecular weight excluding hydrogens is 228 g/mol.